The molecule has 1 unspecified atom stereocenters. The molecule has 0 N–H and O–H groups in total. The standard InChI is InChI=1S/C8H14O2/c1-8(6-10-8)7-2-4-9-5-3-7/h7H,2-6H2,1H3. The van der Waals surface area contributed by atoms with Gasteiger partial charge in [-0.15, -0.1) is 0 Å². The molecule has 0 aliphatic carbocycles. The van der Waals surface area contributed by atoms with Crippen LogP contribution in [0, 0.1) is 5.92 Å². The Morgan fingerprint density at radius 3 is 2.40 bits per heavy atom. The molecule has 1 atom stereocenters. The van der Waals surface area contributed by atoms with Crippen molar-refractivity contribution < 1.29 is 9.47 Å². The second-order valence-corrected chi connectivity index (χ2v) is 3.49. The van der Waals surface area contributed by atoms with Gasteiger partial charge in [0, 0.05) is 13.2 Å². The summed E-state index contributed by atoms with van der Waals surface area (Å²) in [4.78, 5) is 0. The van der Waals surface area contributed by atoms with E-state index in [2.05, 4.69) is 6.92 Å². The molecule has 2 saturated heterocycles. The van der Waals surface area contributed by atoms with Crippen molar-refractivity contribution in [3.05, 3.63) is 0 Å². The van der Waals surface area contributed by atoms with E-state index in [0.717, 1.165) is 25.7 Å². The summed E-state index contributed by atoms with van der Waals surface area (Å²) in [5.74, 6) is 0.765. The lowest BCUT2D eigenvalue weighted by Crippen LogP contribution is -2.27. The van der Waals surface area contributed by atoms with Gasteiger partial charge in [-0.25, -0.2) is 0 Å². The van der Waals surface area contributed by atoms with Crippen molar-refractivity contribution in [2.24, 2.45) is 5.92 Å². The van der Waals surface area contributed by atoms with E-state index in [4.69, 9.17) is 9.47 Å². The van der Waals surface area contributed by atoms with Crippen molar-refractivity contribution in [1.82, 2.24) is 0 Å². The molecular weight excluding hydrogens is 128 g/mol. The summed E-state index contributed by atoms with van der Waals surface area (Å²) in [7, 11) is 0. The van der Waals surface area contributed by atoms with Crippen LogP contribution in [0.4, 0.5) is 0 Å². The number of rotatable bonds is 1. The number of ether oxygens (including phenoxy) is 2. The van der Waals surface area contributed by atoms with Gasteiger partial charge in [-0.2, -0.15) is 0 Å². The van der Waals surface area contributed by atoms with Crippen LogP contribution in [0.5, 0.6) is 0 Å². The van der Waals surface area contributed by atoms with E-state index >= 15 is 0 Å². The Labute approximate surface area is 61.5 Å². The number of epoxide rings is 1. The lowest BCUT2D eigenvalue weighted by Gasteiger charge is -2.24. The Hall–Kier alpha value is -0.0800. The minimum atomic E-state index is 0.240. The highest BCUT2D eigenvalue weighted by Gasteiger charge is 2.46. The lowest BCUT2D eigenvalue weighted by molar-refractivity contribution is 0.0397. The van der Waals surface area contributed by atoms with E-state index in [1.807, 2.05) is 0 Å². The zero-order valence-electron chi connectivity index (χ0n) is 6.43. The molecule has 2 fully saturated rings. The van der Waals surface area contributed by atoms with Gasteiger partial charge in [0.25, 0.3) is 0 Å². The lowest BCUT2D eigenvalue weighted by atomic mass is 9.88. The molecule has 0 bridgehead atoms. The Morgan fingerprint density at radius 1 is 1.30 bits per heavy atom. The van der Waals surface area contributed by atoms with Crippen LogP contribution in [-0.4, -0.2) is 25.4 Å². The molecule has 0 aromatic rings. The molecule has 0 amide bonds. The fourth-order valence-corrected chi connectivity index (χ4v) is 1.66. The highest BCUT2D eigenvalue weighted by Crippen LogP contribution is 2.39. The maximum absolute atomic E-state index is 5.38. The van der Waals surface area contributed by atoms with Gasteiger partial charge in [0.1, 0.15) is 0 Å². The first-order valence-electron chi connectivity index (χ1n) is 4.03. The first kappa shape index (κ1) is 6.62. The average molecular weight is 142 g/mol. The zero-order valence-corrected chi connectivity index (χ0v) is 6.43. The summed E-state index contributed by atoms with van der Waals surface area (Å²) >= 11 is 0. The van der Waals surface area contributed by atoms with Crippen LogP contribution in [0.25, 0.3) is 0 Å². The summed E-state index contributed by atoms with van der Waals surface area (Å²) in [5.41, 5.74) is 0.240. The topological polar surface area (TPSA) is 21.8 Å². The van der Waals surface area contributed by atoms with Crippen LogP contribution in [-0.2, 0) is 9.47 Å². The fraction of sp³-hybridized carbons (Fsp3) is 1.00. The molecule has 0 aromatic carbocycles. The fourth-order valence-electron chi connectivity index (χ4n) is 1.66. The minimum Gasteiger partial charge on any atom is -0.381 e. The van der Waals surface area contributed by atoms with Crippen LogP contribution in [0.2, 0.25) is 0 Å². The first-order valence-corrected chi connectivity index (χ1v) is 4.03. The summed E-state index contributed by atoms with van der Waals surface area (Å²) in [6.45, 7) is 5.05. The highest BCUT2D eigenvalue weighted by atomic mass is 16.6. The van der Waals surface area contributed by atoms with Gasteiger partial charge in [0.2, 0.25) is 0 Å². The molecule has 0 radical (unpaired) electrons. The van der Waals surface area contributed by atoms with Crippen molar-refractivity contribution in [1.29, 1.82) is 0 Å². The summed E-state index contributed by atoms with van der Waals surface area (Å²) in [5, 5.41) is 0. The monoisotopic (exact) mass is 142 g/mol. The van der Waals surface area contributed by atoms with E-state index < -0.39 is 0 Å². The van der Waals surface area contributed by atoms with E-state index in [1.54, 1.807) is 0 Å². The second-order valence-electron chi connectivity index (χ2n) is 3.49. The molecule has 0 saturated carbocycles. The molecule has 0 spiro atoms. The summed E-state index contributed by atoms with van der Waals surface area (Å²) in [6, 6.07) is 0. The quantitative estimate of drug-likeness (QED) is 0.513. The third-order valence-electron chi connectivity index (χ3n) is 2.68. The van der Waals surface area contributed by atoms with Gasteiger partial charge in [-0.05, 0) is 25.7 Å². The first-order chi connectivity index (χ1) is 4.81. The van der Waals surface area contributed by atoms with Crippen LogP contribution < -0.4 is 0 Å². The van der Waals surface area contributed by atoms with E-state index in [0.29, 0.717) is 0 Å². The zero-order chi connectivity index (χ0) is 7.03. The largest absolute Gasteiger partial charge is 0.381 e. The highest BCUT2D eigenvalue weighted by molar-refractivity contribution is 4.94. The van der Waals surface area contributed by atoms with E-state index in [-0.39, 0.29) is 5.60 Å². The van der Waals surface area contributed by atoms with Crippen LogP contribution >= 0.6 is 0 Å². The third kappa shape index (κ3) is 1.06. The Morgan fingerprint density at radius 2 is 1.90 bits per heavy atom. The third-order valence-corrected chi connectivity index (χ3v) is 2.68. The average Bonchev–Trinajstić information content (AvgIpc) is 2.72. The molecule has 2 heterocycles. The maximum atomic E-state index is 5.38. The van der Waals surface area contributed by atoms with Gasteiger partial charge < -0.3 is 9.47 Å². The molecule has 2 rings (SSSR count). The molecule has 0 aromatic heterocycles. The van der Waals surface area contributed by atoms with Gasteiger partial charge >= 0.3 is 0 Å². The second kappa shape index (κ2) is 2.21. The molecule has 2 aliphatic rings. The van der Waals surface area contributed by atoms with Gasteiger partial charge in [0.15, 0.2) is 0 Å². The smallest absolute Gasteiger partial charge is 0.0918 e. The maximum Gasteiger partial charge on any atom is 0.0918 e. The molecule has 2 heteroatoms. The van der Waals surface area contributed by atoms with Crippen LogP contribution in [0.15, 0.2) is 0 Å². The Balaban J connectivity index is 1.91. The van der Waals surface area contributed by atoms with Crippen molar-refractivity contribution in [2.45, 2.75) is 25.4 Å². The van der Waals surface area contributed by atoms with E-state index in [1.165, 1.54) is 12.8 Å². The van der Waals surface area contributed by atoms with Gasteiger partial charge in [0.05, 0.1) is 12.2 Å². The predicted octanol–water partition coefficient (Wildman–Crippen LogP) is 1.20. The predicted molar refractivity (Wildman–Crippen MR) is 37.9 cm³/mol. The molecule has 2 aliphatic heterocycles. The van der Waals surface area contributed by atoms with Crippen molar-refractivity contribution in [3.8, 4) is 0 Å². The Kier molecular flexibility index (Phi) is 1.46. The van der Waals surface area contributed by atoms with Crippen molar-refractivity contribution >= 4 is 0 Å². The Bertz CT molecular complexity index is 123. The number of hydrogen-bond acceptors (Lipinski definition) is 2. The number of hydrogen-bond donors (Lipinski definition) is 0. The van der Waals surface area contributed by atoms with Crippen molar-refractivity contribution in [2.75, 3.05) is 19.8 Å². The molecule has 2 nitrogen and oxygen atoms in total. The van der Waals surface area contributed by atoms with E-state index in [9.17, 15) is 0 Å². The SMILES string of the molecule is CC1(C2CCOCC2)CO1. The molecule has 58 valence electrons. The summed E-state index contributed by atoms with van der Waals surface area (Å²) < 4.78 is 10.6. The van der Waals surface area contributed by atoms with Crippen LogP contribution in [0.1, 0.15) is 19.8 Å². The van der Waals surface area contributed by atoms with Crippen molar-refractivity contribution in [3.63, 3.8) is 0 Å². The molecule has 10 heavy (non-hydrogen) atoms. The van der Waals surface area contributed by atoms with Gasteiger partial charge in [-0.3, -0.25) is 0 Å². The normalized spacial score (nSPS) is 41.7. The summed E-state index contributed by atoms with van der Waals surface area (Å²) in [6.07, 6.45) is 2.38. The molecular formula is C8H14O2. The van der Waals surface area contributed by atoms with Crippen LogP contribution in [0.3, 0.4) is 0 Å². The minimum absolute atomic E-state index is 0.240. The van der Waals surface area contributed by atoms with Gasteiger partial charge in [-0.1, -0.05) is 0 Å².